The Kier molecular flexibility index (Phi) is 6.05. The van der Waals surface area contributed by atoms with Gasteiger partial charge in [0.1, 0.15) is 12.1 Å². The lowest BCUT2D eigenvalue weighted by molar-refractivity contribution is -0.135. The number of nitrogens with zero attached hydrogens (tertiary/aromatic N) is 4. The summed E-state index contributed by atoms with van der Waals surface area (Å²) in [6, 6.07) is 12.7. The molecule has 1 aliphatic rings. The Morgan fingerprint density at radius 1 is 1.09 bits per heavy atom. The van der Waals surface area contributed by atoms with Crippen molar-refractivity contribution in [1.82, 2.24) is 18.6 Å². The number of hydrogen-bond donors (Lipinski definition) is 0. The second-order valence-corrected chi connectivity index (χ2v) is 9.85. The highest BCUT2D eigenvalue weighted by molar-refractivity contribution is 6.30. The topological polar surface area (TPSA) is 69.2 Å². The van der Waals surface area contributed by atoms with Crippen LogP contribution in [0.5, 0.6) is 0 Å². The average molecular weight is 493 g/mol. The summed E-state index contributed by atoms with van der Waals surface area (Å²) in [5.41, 5.74) is 2.12. The Balaban J connectivity index is 1.81. The van der Waals surface area contributed by atoms with Crippen molar-refractivity contribution in [1.29, 1.82) is 0 Å². The van der Waals surface area contributed by atoms with Crippen molar-refractivity contribution < 1.29 is 4.79 Å². The van der Waals surface area contributed by atoms with Crippen LogP contribution in [0.3, 0.4) is 0 Å². The molecular formula is C27H29ClN4O3. The van der Waals surface area contributed by atoms with E-state index in [4.69, 9.17) is 11.6 Å². The van der Waals surface area contributed by atoms with Gasteiger partial charge in [-0.2, -0.15) is 0 Å². The van der Waals surface area contributed by atoms with E-state index < -0.39 is 11.2 Å². The number of aryl methyl sites for hydroxylation is 2. The van der Waals surface area contributed by atoms with Crippen molar-refractivity contribution in [2.24, 2.45) is 7.05 Å². The summed E-state index contributed by atoms with van der Waals surface area (Å²) in [7, 11) is 1.82. The summed E-state index contributed by atoms with van der Waals surface area (Å²) in [5, 5.41) is 1.21. The SMILES string of the molecule is CCC1CCCCN1C(=O)Cn1c(=O)n(-c2cccc(Cl)c2)c(=O)c2c1c1cc(C)ccc1n2C. The van der Waals surface area contributed by atoms with E-state index in [9.17, 15) is 14.4 Å². The molecule has 0 aliphatic carbocycles. The molecule has 0 N–H and O–H groups in total. The van der Waals surface area contributed by atoms with Gasteiger partial charge in [0.25, 0.3) is 5.56 Å². The molecule has 4 aromatic rings. The molecule has 1 fully saturated rings. The van der Waals surface area contributed by atoms with Crippen LogP contribution in [-0.4, -0.2) is 37.1 Å². The highest BCUT2D eigenvalue weighted by Crippen LogP contribution is 2.27. The number of halogens is 1. The molecule has 0 radical (unpaired) electrons. The molecule has 2 aromatic carbocycles. The number of carbonyl (C=O) groups is 1. The highest BCUT2D eigenvalue weighted by Gasteiger charge is 2.28. The number of benzene rings is 2. The molecule has 8 heteroatoms. The van der Waals surface area contributed by atoms with Crippen molar-refractivity contribution >= 4 is 39.4 Å². The Hall–Kier alpha value is -3.32. The van der Waals surface area contributed by atoms with Gasteiger partial charge in [0, 0.05) is 30.0 Å². The molecule has 1 aliphatic heterocycles. The Bertz CT molecular complexity index is 1580. The Labute approximate surface area is 208 Å². The lowest BCUT2D eigenvalue weighted by atomic mass is 10.00. The lowest BCUT2D eigenvalue weighted by Gasteiger charge is -2.35. The smallest absolute Gasteiger partial charge is 0.336 e. The number of aromatic nitrogens is 3. The van der Waals surface area contributed by atoms with Gasteiger partial charge >= 0.3 is 5.69 Å². The van der Waals surface area contributed by atoms with E-state index in [0.717, 1.165) is 46.7 Å². The number of amides is 1. The molecule has 2 aromatic heterocycles. The summed E-state index contributed by atoms with van der Waals surface area (Å²) in [6.07, 6.45) is 3.92. The lowest BCUT2D eigenvalue weighted by Crippen LogP contribution is -2.47. The quantitative estimate of drug-likeness (QED) is 0.424. The summed E-state index contributed by atoms with van der Waals surface area (Å²) in [5.74, 6) is -0.0964. The molecule has 0 spiro atoms. The first-order chi connectivity index (χ1) is 16.8. The fourth-order valence-corrected chi connectivity index (χ4v) is 5.62. The van der Waals surface area contributed by atoms with Crippen LogP contribution in [0.4, 0.5) is 0 Å². The first-order valence-electron chi connectivity index (χ1n) is 12.1. The van der Waals surface area contributed by atoms with Crippen LogP contribution < -0.4 is 11.2 Å². The maximum Gasteiger partial charge on any atom is 0.336 e. The first-order valence-corrected chi connectivity index (χ1v) is 12.5. The Morgan fingerprint density at radius 3 is 2.63 bits per heavy atom. The van der Waals surface area contributed by atoms with Crippen LogP contribution in [-0.2, 0) is 18.4 Å². The van der Waals surface area contributed by atoms with E-state index in [1.165, 1.54) is 4.57 Å². The molecule has 35 heavy (non-hydrogen) atoms. The molecular weight excluding hydrogens is 464 g/mol. The normalized spacial score (nSPS) is 16.3. The standard InChI is InChI=1S/C27H29ClN4O3/c1-4-19-9-5-6-13-30(19)23(33)16-31-24-21-14-17(2)11-12-22(21)29(3)25(24)26(34)32(27(31)35)20-10-7-8-18(28)15-20/h7-8,10-12,14-15,19H,4-6,9,13,16H2,1-3H3. The Morgan fingerprint density at radius 2 is 1.89 bits per heavy atom. The van der Waals surface area contributed by atoms with Gasteiger partial charge in [0.2, 0.25) is 5.91 Å². The van der Waals surface area contributed by atoms with Gasteiger partial charge in [-0.1, -0.05) is 36.2 Å². The van der Waals surface area contributed by atoms with Crippen LogP contribution in [0.1, 0.15) is 38.2 Å². The van der Waals surface area contributed by atoms with E-state index >= 15 is 0 Å². The number of piperidine rings is 1. The number of likely N-dealkylation sites (tertiary alicyclic amines) is 1. The third-order valence-corrected chi connectivity index (χ3v) is 7.44. The number of rotatable bonds is 4. The first kappa shape index (κ1) is 23.4. The van der Waals surface area contributed by atoms with Gasteiger partial charge in [-0.05, 0) is 62.9 Å². The van der Waals surface area contributed by atoms with Gasteiger partial charge in [-0.25, -0.2) is 9.36 Å². The molecule has 1 atom stereocenters. The summed E-state index contributed by atoms with van der Waals surface area (Å²) < 4.78 is 4.41. The molecule has 0 saturated carbocycles. The fourth-order valence-electron chi connectivity index (χ4n) is 5.44. The van der Waals surface area contributed by atoms with Gasteiger partial charge < -0.3 is 9.47 Å². The summed E-state index contributed by atoms with van der Waals surface area (Å²) in [4.78, 5) is 43.2. The van der Waals surface area contributed by atoms with Gasteiger partial charge in [-0.3, -0.25) is 14.2 Å². The monoisotopic (exact) mass is 492 g/mol. The van der Waals surface area contributed by atoms with E-state index in [-0.39, 0.29) is 18.5 Å². The van der Waals surface area contributed by atoms with Crippen LogP contribution in [0, 0.1) is 6.92 Å². The van der Waals surface area contributed by atoms with Gasteiger partial charge in [0.05, 0.1) is 16.7 Å². The number of hydrogen-bond acceptors (Lipinski definition) is 3. The summed E-state index contributed by atoms with van der Waals surface area (Å²) >= 11 is 6.20. The fraction of sp³-hybridized carbons (Fsp3) is 0.370. The van der Waals surface area contributed by atoms with Crippen LogP contribution >= 0.6 is 11.6 Å². The minimum Gasteiger partial charge on any atom is -0.338 e. The third kappa shape index (κ3) is 3.88. The van der Waals surface area contributed by atoms with Crippen molar-refractivity contribution in [3.63, 3.8) is 0 Å². The van der Waals surface area contributed by atoms with Crippen LogP contribution in [0.15, 0.2) is 52.1 Å². The summed E-state index contributed by atoms with van der Waals surface area (Å²) in [6.45, 7) is 4.63. The van der Waals surface area contributed by atoms with E-state index in [1.54, 1.807) is 24.3 Å². The van der Waals surface area contributed by atoms with Crippen molar-refractivity contribution in [2.75, 3.05) is 6.54 Å². The maximum absolute atomic E-state index is 13.9. The number of carbonyl (C=O) groups excluding carboxylic acids is 1. The average Bonchev–Trinajstić information content (AvgIpc) is 3.13. The second-order valence-electron chi connectivity index (χ2n) is 9.41. The predicted octanol–water partition coefficient (Wildman–Crippen LogP) is 4.40. The number of fused-ring (bicyclic) bond motifs is 3. The molecule has 1 unspecified atom stereocenters. The zero-order chi connectivity index (χ0) is 24.9. The largest absolute Gasteiger partial charge is 0.338 e. The third-order valence-electron chi connectivity index (χ3n) is 7.20. The molecule has 1 saturated heterocycles. The van der Waals surface area contributed by atoms with E-state index in [0.29, 0.717) is 28.3 Å². The van der Waals surface area contributed by atoms with Crippen molar-refractivity contribution in [3.8, 4) is 5.69 Å². The highest BCUT2D eigenvalue weighted by atomic mass is 35.5. The van der Waals surface area contributed by atoms with E-state index in [2.05, 4.69) is 6.92 Å². The molecule has 3 heterocycles. The predicted molar refractivity (Wildman–Crippen MR) is 140 cm³/mol. The maximum atomic E-state index is 13.9. The van der Waals surface area contributed by atoms with Crippen LogP contribution in [0.2, 0.25) is 5.02 Å². The van der Waals surface area contributed by atoms with Crippen molar-refractivity contribution in [2.45, 2.75) is 52.1 Å². The molecule has 182 valence electrons. The zero-order valence-electron chi connectivity index (χ0n) is 20.3. The second kappa shape index (κ2) is 9.04. The molecule has 5 rings (SSSR count). The molecule has 7 nitrogen and oxygen atoms in total. The minimum atomic E-state index is -0.544. The van der Waals surface area contributed by atoms with Gasteiger partial charge in [0.15, 0.2) is 0 Å². The minimum absolute atomic E-state index is 0.0964. The van der Waals surface area contributed by atoms with E-state index in [1.807, 2.05) is 41.6 Å². The van der Waals surface area contributed by atoms with Gasteiger partial charge in [-0.15, -0.1) is 0 Å². The van der Waals surface area contributed by atoms with Crippen LogP contribution in [0.25, 0.3) is 27.6 Å². The molecule has 0 bridgehead atoms. The van der Waals surface area contributed by atoms with Crippen molar-refractivity contribution in [3.05, 3.63) is 73.9 Å². The molecule has 1 amide bonds. The zero-order valence-corrected chi connectivity index (χ0v) is 21.0.